The molecule has 8 nitrogen and oxygen atoms in total. The molecule has 3 heterocycles. The van der Waals surface area contributed by atoms with Crippen molar-refractivity contribution in [2.75, 3.05) is 0 Å². The molecule has 0 radical (unpaired) electrons. The molecule has 0 spiro atoms. The molecule has 0 saturated carbocycles. The number of nitrogens with one attached hydrogen (secondary N) is 1. The Morgan fingerprint density at radius 1 is 1.35 bits per heavy atom. The molecule has 4 rings (SSSR count). The third kappa shape index (κ3) is 4.99. The van der Waals surface area contributed by atoms with Crippen molar-refractivity contribution in [3.63, 3.8) is 0 Å². The van der Waals surface area contributed by atoms with Gasteiger partial charge in [0, 0.05) is 41.3 Å². The van der Waals surface area contributed by atoms with E-state index in [1.807, 2.05) is 42.1 Å². The summed E-state index contributed by atoms with van der Waals surface area (Å²) in [7, 11) is 0. The number of nitriles is 1. The molecule has 1 atom stereocenters. The van der Waals surface area contributed by atoms with Crippen molar-refractivity contribution in [1.29, 1.82) is 5.26 Å². The average Bonchev–Trinajstić information content (AvgIpc) is 3.50. The molecule has 3 aromatic heterocycles. The van der Waals surface area contributed by atoms with Crippen molar-refractivity contribution in [2.24, 2.45) is 0 Å². The predicted molar refractivity (Wildman–Crippen MR) is 118 cm³/mol. The number of hydrogen-bond acceptors (Lipinski definition) is 6. The van der Waals surface area contributed by atoms with Gasteiger partial charge in [-0.25, -0.2) is 9.97 Å². The van der Waals surface area contributed by atoms with Gasteiger partial charge in [-0.3, -0.25) is 9.48 Å². The molecule has 156 valence electrons. The molecule has 0 bridgehead atoms. The van der Waals surface area contributed by atoms with Crippen LogP contribution in [0.1, 0.15) is 27.2 Å². The summed E-state index contributed by atoms with van der Waals surface area (Å²) in [6.45, 7) is 3.05. The zero-order valence-electron chi connectivity index (χ0n) is 16.6. The fourth-order valence-corrected chi connectivity index (χ4v) is 4.09. The van der Waals surface area contributed by atoms with E-state index >= 15 is 0 Å². The van der Waals surface area contributed by atoms with E-state index < -0.39 is 0 Å². The largest absolute Gasteiger partial charge is 0.346 e. The Labute approximate surface area is 187 Å². The molecule has 0 aliphatic heterocycles. The van der Waals surface area contributed by atoms with Crippen molar-refractivity contribution >= 4 is 28.8 Å². The van der Waals surface area contributed by atoms with Gasteiger partial charge in [0.1, 0.15) is 6.07 Å². The topological polar surface area (TPSA) is 101 Å². The van der Waals surface area contributed by atoms with E-state index in [0.29, 0.717) is 28.7 Å². The minimum atomic E-state index is -0.208. The Bertz CT molecular complexity index is 1240. The first-order valence-corrected chi connectivity index (χ1v) is 10.7. The van der Waals surface area contributed by atoms with Gasteiger partial charge in [0.25, 0.3) is 5.91 Å². The third-order valence-electron chi connectivity index (χ3n) is 4.51. The first-order chi connectivity index (χ1) is 15.0. The van der Waals surface area contributed by atoms with Crippen LogP contribution in [0.25, 0.3) is 11.3 Å². The van der Waals surface area contributed by atoms with Crippen LogP contribution in [-0.2, 0) is 13.1 Å². The van der Waals surface area contributed by atoms with Crippen LogP contribution in [0, 0.1) is 11.3 Å². The quantitative estimate of drug-likeness (QED) is 0.462. The van der Waals surface area contributed by atoms with Crippen LogP contribution in [0.5, 0.6) is 0 Å². The van der Waals surface area contributed by atoms with Crippen LogP contribution >= 0.6 is 22.9 Å². The van der Waals surface area contributed by atoms with Crippen molar-refractivity contribution in [1.82, 2.24) is 29.6 Å². The van der Waals surface area contributed by atoms with E-state index in [1.165, 1.54) is 11.3 Å². The lowest BCUT2D eigenvalue weighted by molar-refractivity contribution is 0.0935. The molecule has 0 unspecified atom stereocenters. The van der Waals surface area contributed by atoms with Crippen LogP contribution in [-0.4, -0.2) is 36.3 Å². The summed E-state index contributed by atoms with van der Waals surface area (Å²) in [4.78, 5) is 21.8. The highest BCUT2D eigenvalue weighted by Crippen LogP contribution is 2.24. The van der Waals surface area contributed by atoms with Crippen molar-refractivity contribution < 1.29 is 4.79 Å². The zero-order valence-corrected chi connectivity index (χ0v) is 18.1. The molecule has 0 fully saturated rings. The Morgan fingerprint density at radius 3 is 2.97 bits per heavy atom. The number of hydrogen-bond donors (Lipinski definition) is 1. The number of amides is 1. The maximum Gasteiger partial charge on any atom is 0.280 e. The second-order valence-electron chi connectivity index (χ2n) is 6.97. The van der Waals surface area contributed by atoms with E-state index in [0.717, 1.165) is 16.1 Å². The molecule has 0 saturated heterocycles. The fraction of sp³-hybridized carbons (Fsp3) is 0.190. The van der Waals surface area contributed by atoms with Gasteiger partial charge >= 0.3 is 0 Å². The first kappa shape index (κ1) is 20.8. The minimum Gasteiger partial charge on any atom is -0.346 e. The SMILES string of the molecule is C[C@@H](Cn1ccc(-c2ccc(C#N)c(Cl)c2)n1)NC(=O)c1ncc(Cn2ccnc2)s1. The van der Waals surface area contributed by atoms with Crippen LogP contribution < -0.4 is 5.32 Å². The lowest BCUT2D eigenvalue weighted by Crippen LogP contribution is -2.35. The Kier molecular flexibility index (Phi) is 6.11. The van der Waals surface area contributed by atoms with Gasteiger partial charge in [-0.2, -0.15) is 10.4 Å². The smallest absolute Gasteiger partial charge is 0.280 e. The third-order valence-corrected chi connectivity index (χ3v) is 5.80. The number of carbonyl (C=O) groups excluding carboxylic acids is 1. The average molecular weight is 452 g/mol. The predicted octanol–water partition coefficient (Wildman–Crippen LogP) is 3.59. The zero-order chi connectivity index (χ0) is 21.8. The Hall–Kier alpha value is -3.48. The highest BCUT2D eigenvalue weighted by Gasteiger charge is 2.15. The van der Waals surface area contributed by atoms with Crippen LogP contribution in [0.15, 0.2) is 55.4 Å². The summed E-state index contributed by atoms with van der Waals surface area (Å²) in [6, 6.07) is 8.98. The highest BCUT2D eigenvalue weighted by atomic mass is 35.5. The van der Waals surface area contributed by atoms with Gasteiger partial charge < -0.3 is 9.88 Å². The molecule has 1 N–H and O–H groups in total. The van der Waals surface area contributed by atoms with Crippen LogP contribution in [0.2, 0.25) is 5.02 Å². The first-order valence-electron chi connectivity index (χ1n) is 9.46. The van der Waals surface area contributed by atoms with Crippen molar-refractivity contribution in [3.05, 3.63) is 75.9 Å². The van der Waals surface area contributed by atoms with Crippen LogP contribution in [0.4, 0.5) is 0 Å². The number of benzene rings is 1. The number of aromatic nitrogens is 5. The summed E-state index contributed by atoms with van der Waals surface area (Å²) in [5.74, 6) is -0.208. The molecule has 1 aromatic carbocycles. The molecule has 0 aliphatic rings. The normalized spacial score (nSPS) is 11.8. The number of rotatable bonds is 7. The van der Waals surface area contributed by atoms with Crippen LogP contribution in [0.3, 0.4) is 0 Å². The summed E-state index contributed by atoms with van der Waals surface area (Å²) < 4.78 is 3.69. The van der Waals surface area contributed by atoms with Gasteiger partial charge in [0.2, 0.25) is 0 Å². The molecule has 1 amide bonds. The number of nitrogens with zero attached hydrogens (tertiary/aromatic N) is 6. The van der Waals surface area contributed by atoms with E-state index in [9.17, 15) is 4.79 Å². The lowest BCUT2D eigenvalue weighted by Gasteiger charge is -2.13. The van der Waals surface area contributed by atoms with E-state index in [2.05, 4.69) is 20.4 Å². The van der Waals surface area contributed by atoms with Gasteiger partial charge in [-0.15, -0.1) is 11.3 Å². The summed E-state index contributed by atoms with van der Waals surface area (Å²) in [6.07, 6.45) is 8.87. The maximum absolute atomic E-state index is 12.5. The lowest BCUT2D eigenvalue weighted by atomic mass is 10.1. The van der Waals surface area contributed by atoms with E-state index in [-0.39, 0.29) is 11.9 Å². The maximum atomic E-state index is 12.5. The molecule has 4 aromatic rings. The minimum absolute atomic E-state index is 0.147. The van der Waals surface area contributed by atoms with Gasteiger partial charge in [-0.05, 0) is 25.1 Å². The van der Waals surface area contributed by atoms with Crippen molar-refractivity contribution in [3.8, 4) is 17.3 Å². The van der Waals surface area contributed by atoms with Gasteiger partial charge in [-0.1, -0.05) is 17.7 Å². The van der Waals surface area contributed by atoms with E-state index in [1.54, 1.807) is 35.5 Å². The second-order valence-corrected chi connectivity index (χ2v) is 8.49. The molecular formula is C21H18ClN7OS. The number of halogens is 1. The standard InChI is InChI=1S/C21H18ClN7OS/c1-14(26-20(30)21-25-10-17(31-21)12-28-7-5-24-13-28)11-29-6-4-19(27-29)15-2-3-16(9-23)18(22)8-15/h2-8,10,13-14H,11-12H2,1H3,(H,26,30)/t14-/m0/s1. The number of imidazole rings is 1. The Balaban J connectivity index is 1.35. The molecular weight excluding hydrogens is 434 g/mol. The second kappa shape index (κ2) is 9.12. The summed E-state index contributed by atoms with van der Waals surface area (Å²) in [5, 5.41) is 17.3. The monoisotopic (exact) mass is 451 g/mol. The summed E-state index contributed by atoms with van der Waals surface area (Å²) in [5.41, 5.74) is 2.00. The molecule has 0 aliphatic carbocycles. The number of carbonyl (C=O) groups is 1. The fourth-order valence-electron chi connectivity index (χ4n) is 3.04. The number of thiazole rings is 1. The van der Waals surface area contributed by atoms with Crippen molar-refractivity contribution in [2.45, 2.75) is 26.1 Å². The van der Waals surface area contributed by atoms with Gasteiger partial charge in [0.05, 0.1) is 35.7 Å². The molecule has 10 heteroatoms. The van der Waals surface area contributed by atoms with Gasteiger partial charge in [0.15, 0.2) is 5.01 Å². The van der Waals surface area contributed by atoms with E-state index in [4.69, 9.17) is 16.9 Å². The molecule has 31 heavy (non-hydrogen) atoms. The summed E-state index contributed by atoms with van der Waals surface area (Å²) >= 11 is 7.48. The highest BCUT2D eigenvalue weighted by molar-refractivity contribution is 7.13. The Morgan fingerprint density at radius 2 is 2.23 bits per heavy atom.